The molecule has 3 aliphatic rings. The van der Waals surface area contributed by atoms with Crippen LogP contribution in [0.15, 0.2) is 36.5 Å². The molecule has 6 rings (SSSR count). The molecule has 3 aromatic rings. The number of aromatic amines is 1. The maximum absolute atomic E-state index is 14.0. The molecule has 12 heteroatoms. The lowest BCUT2D eigenvalue weighted by Gasteiger charge is -2.35. The van der Waals surface area contributed by atoms with Gasteiger partial charge in [0, 0.05) is 23.9 Å². The molecule has 0 unspecified atom stereocenters. The van der Waals surface area contributed by atoms with Crippen LogP contribution in [0.1, 0.15) is 63.3 Å². The van der Waals surface area contributed by atoms with Gasteiger partial charge in [0.15, 0.2) is 15.7 Å². The summed E-state index contributed by atoms with van der Waals surface area (Å²) in [6.07, 6.45) is 7.23. The molecule has 2 amide bonds. The third-order valence-electron chi connectivity index (χ3n) is 8.56. The predicted molar refractivity (Wildman–Crippen MR) is 158 cm³/mol. The van der Waals surface area contributed by atoms with Crippen LogP contribution in [-0.2, 0) is 19.3 Å². The van der Waals surface area contributed by atoms with Crippen LogP contribution in [0.3, 0.4) is 0 Å². The molecule has 3 N–H and O–H groups in total. The molecule has 218 valence electrons. The van der Waals surface area contributed by atoms with Crippen LogP contribution in [0.4, 0.5) is 22.0 Å². The normalized spacial score (nSPS) is 20.9. The molecule has 2 saturated carbocycles. The molecule has 1 saturated heterocycles. The van der Waals surface area contributed by atoms with Crippen LogP contribution in [0.2, 0.25) is 0 Å². The van der Waals surface area contributed by atoms with E-state index in [0.29, 0.717) is 55.5 Å². The quantitative estimate of drug-likeness (QED) is 0.363. The summed E-state index contributed by atoms with van der Waals surface area (Å²) in [7, 11) is -3.40. The maximum atomic E-state index is 14.0. The van der Waals surface area contributed by atoms with Crippen molar-refractivity contribution >= 4 is 33.1 Å². The molecule has 1 aromatic carbocycles. The number of sulfone groups is 1. The lowest BCUT2D eigenvalue weighted by molar-refractivity contribution is 0.0985. The number of aromatic nitrogens is 4. The van der Waals surface area contributed by atoms with E-state index in [2.05, 4.69) is 32.7 Å². The number of aryl methyl sites for hydroxylation is 1. The third-order valence-corrected chi connectivity index (χ3v) is 11.6. The van der Waals surface area contributed by atoms with E-state index in [0.717, 1.165) is 49.2 Å². The number of nitrogens with one attached hydrogen (secondary N) is 3. The Morgan fingerprint density at radius 2 is 1.85 bits per heavy atom. The molecular formula is C29H37N7O4S. The smallest absolute Gasteiger partial charge is 0.323 e. The highest BCUT2D eigenvalue weighted by Crippen LogP contribution is 2.55. The minimum atomic E-state index is -3.40. The van der Waals surface area contributed by atoms with Crippen molar-refractivity contribution in [2.24, 2.45) is 0 Å². The lowest BCUT2D eigenvalue weighted by Crippen LogP contribution is -2.44. The van der Waals surface area contributed by atoms with E-state index in [-0.39, 0.29) is 17.3 Å². The van der Waals surface area contributed by atoms with E-state index in [1.54, 1.807) is 18.3 Å². The van der Waals surface area contributed by atoms with Gasteiger partial charge in [0.05, 0.1) is 47.8 Å². The summed E-state index contributed by atoms with van der Waals surface area (Å²) in [6, 6.07) is 8.89. The van der Waals surface area contributed by atoms with E-state index < -0.39 is 14.6 Å². The van der Waals surface area contributed by atoms with Gasteiger partial charge in [0.2, 0.25) is 0 Å². The number of rotatable bonds is 7. The first-order valence-corrected chi connectivity index (χ1v) is 16.0. The fourth-order valence-electron chi connectivity index (χ4n) is 5.97. The minimum absolute atomic E-state index is 0.105. The van der Waals surface area contributed by atoms with Gasteiger partial charge in [-0.15, -0.1) is 0 Å². The van der Waals surface area contributed by atoms with Crippen LogP contribution in [0, 0.1) is 6.92 Å². The Hall–Kier alpha value is -3.51. The van der Waals surface area contributed by atoms with E-state index in [1.165, 1.54) is 0 Å². The average molecular weight is 580 g/mol. The highest BCUT2D eigenvalue weighted by atomic mass is 32.2. The fourth-order valence-corrected chi connectivity index (χ4v) is 8.63. The molecule has 1 atom stereocenters. The summed E-state index contributed by atoms with van der Waals surface area (Å²) >= 11 is 0. The first kappa shape index (κ1) is 27.6. The van der Waals surface area contributed by atoms with Crippen molar-refractivity contribution in [3.8, 4) is 11.4 Å². The summed E-state index contributed by atoms with van der Waals surface area (Å²) < 4.78 is 32.7. The van der Waals surface area contributed by atoms with Crippen LogP contribution in [0.5, 0.6) is 0 Å². The summed E-state index contributed by atoms with van der Waals surface area (Å²) in [4.78, 5) is 24.5. The topological polar surface area (TPSA) is 142 Å². The number of nitrogens with zero attached hydrogens (tertiary/aromatic N) is 4. The van der Waals surface area contributed by atoms with Gasteiger partial charge >= 0.3 is 6.03 Å². The van der Waals surface area contributed by atoms with Gasteiger partial charge in [-0.05, 0) is 63.8 Å². The molecule has 0 bridgehead atoms. The first-order chi connectivity index (χ1) is 19.8. The zero-order valence-corrected chi connectivity index (χ0v) is 24.3. The van der Waals surface area contributed by atoms with E-state index in [4.69, 9.17) is 14.7 Å². The number of carbonyl (C=O) groups excluding carboxylic acids is 1. The van der Waals surface area contributed by atoms with Crippen LogP contribution >= 0.6 is 0 Å². The Kier molecular flexibility index (Phi) is 7.45. The lowest BCUT2D eigenvalue weighted by atomic mass is 10.0. The number of hydrogen-bond donors (Lipinski definition) is 3. The Morgan fingerprint density at radius 3 is 2.51 bits per heavy atom. The number of ether oxygens (including phenoxy) is 1. The average Bonchev–Trinajstić information content (AvgIpc) is 3.72. The second kappa shape index (κ2) is 11.1. The Bertz CT molecular complexity index is 1510. The number of amides is 2. The zero-order valence-electron chi connectivity index (χ0n) is 23.5. The molecular weight excluding hydrogens is 542 g/mol. The van der Waals surface area contributed by atoms with Crippen molar-refractivity contribution < 1.29 is 17.9 Å². The number of urea groups is 1. The third kappa shape index (κ3) is 5.42. The standard InChI is InChI=1S/C29H37N7O4S/c1-19-18-40-15-14-36(19)26-16-25(29(12-13-29)41(38,39)23-6-4-3-5-7-23)33-27(34-26)21-8-10-22(11-9-21)31-28(37)32-24-17-30-35-20(24)2/h8-11,16-17,19,23H,3-7,12-15,18H2,1-2H3,(H,30,35)(H2,31,32,37)/t19-/m0/s1. The first-order valence-electron chi connectivity index (χ1n) is 14.4. The van der Waals surface area contributed by atoms with Crippen molar-refractivity contribution in [2.75, 3.05) is 35.3 Å². The van der Waals surface area contributed by atoms with Crippen molar-refractivity contribution in [3.05, 3.63) is 47.9 Å². The molecule has 0 radical (unpaired) electrons. The van der Waals surface area contributed by atoms with Gasteiger partial charge in [0.25, 0.3) is 0 Å². The second-order valence-electron chi connectivity index (χ2n) is 11.4. The molecule has 3 fully saturated rings. The van der Waals surface area contributed by atoms with Crippen molar-refractivity contribution in [1.29, 1.82) is 0 Å². The molecule has 11 nitrogen and oxygen atoms in total. The molecule has 0 spiro atoms. The van der Waals surface area contributed by atoms with E-state index in [9.17, 15) is 13.2 Å². The van der Waals surface area contributed by atoms with Gasteiger partial charge in [-0.25, -0.2) is 23.2 Å². The Morgan fingerprint density at radius 1 is 1.10 bits per heavy atom. The van der Waals surface area contributed by atoms with Crippen LogP contribution < -0.4 is 15.5 Å². The summed E-state index contributed by atoms with van der Waals surface area (Å²) in [6.45, 7) is 5.76. The van der Waals surface area contributed by atoms with E-state index >= 15 is 0 Å². The number of carbonyl (C=O) groups is 1. The predicted octanol–water partition coefficient (Wildman–Crippen LogP) is 4.78. The second-order valence-corrected chi connectivity index (χ2v) is 14.0. The SMILES string of the molecule is Cc1[nH]ncc1NC(=O)Nc1ccc(-c2nc(N3CCOC[C@@H]3C)cc(C3(S(=O)(=O)C4CCCCC4)CC3)n2)cc1. The zero-order chi connectivity index (χ0) is 28.6. The van der Waals surface area contributed by atoms with Gasteiger partial charge in [-0.1, -0.05) is 19.3 Å². The van der Waals surface area contributed by atoms with Gasteiger partial charge in [-0.2, -0.15) is 5.10 Å². The number of hydrogen-bond acceptors (Lipinski definition) is 8. The van der Waals surface area contributed by atoms with Crippen molar-refractivity contribution in [2.45, 2.75) is 74.8 Å². The monoisotopic (exact) mass is 579 g/mol. The van der Waals surface area contributed by atoms with Gasteiger partial charge in [0.1, 0.15) is 10.6 Å². The molecule has 2 aliphatic carbocycles. The molecule has 2 aromatic heterocycles. The number of benzene rings is 1. The van der Waals surface area contributed by atoms with Crippen LogP contribution in [-0.4, -0.2) is 65.7 Å². The fraction of sp³-hybridized carbons (Fsp3) is 0.517. The highest BCUT2D eigenvalue weighted by molar-refractivity contribution is 7.93. The van der Waals surface area contributed by atoms with Gasteiger partial charge in [-0.3, -0.25) is 5.10 Å². The Balaban J connectivity index is 1.31. The summed E-state index contributed by atoms with van der Waals surface area (Å²) in [5.41, 5.74) is 3.31. The number of H-pyrrole nitrogens is 1. The minimum Gasteiger partial charge on any atom is -0.377 e. The Labute approximate surface area is 240 Å². The molecule has 1 aliphatic heterocycles. The molecule has 41 heavy (non-hydrogen) atoms. The molecule has 3 heterocycles. The van der Waals surface area contributed by atoms with Gasteiger partial charge < -0.3 is 20.3 Å². The highest BCUT2D eigenvalue weighted by Gasteiger charge is 2.59. The van der Waals surface area contributed by atoms with Crippen molar-refractivity contribution in [1.82, 2.24) is 20.2 Å². The maximum Gasteiger partial charge on any atom is 0.323 e. The van der Waals surface area contributed by atoms with Crippen molar-refractivity contribution in [3.63, 3.8) is 0 Å². The number of morpholine rings is 1. The number of anilines is 3. The van der Waals surface area contributed by atoms with E-state index in [1.807, 2.05) is 25.1 Å². The summed E-state index contributed by atoms with van der Waals surface area (Å²) in [5, 5.41) is 12.0. The largest absolute Gasteiger partial charge is 0.377 e. The van der Waals surface area contributed by atoms with Crippen LogP contribution in [0.25, 0.3) is 11.4 Å². The summed E-state index contributed by atoms with van der Waals surface area (Å²) in [5.74, 6) is 1.20.